The lowest BCUT2D eigenvalue weighted by Crippen LogP contribution is -2.23. The molecular weight excluding hydrogens is 512 g/mol. The van der Waals surface area contributed by atoms with Crippen LogP contribution in [-0.4, -0.2) is 49.5 Å². The third-order valence-corrected chi connectivity index (χ3v) is 6.91. The van der Waals surface area contributed by atoms with Gasteiger partial charge in [0.2, 0.25) is 11.7 Å². The lowest BCUT2D eigenvalue weighted by Gasteiger charge is -2.15. The Labute approximate surface area is 233 Å². The fraction of sp³-hybridized carbons (Fsp3) is 0.290. The molecule has 1 amide bonds. The van der Waals surface area contributed by atoms with E-state index in [0.717, 1.165) is 39.1 Å². The number of carbonyl (C=O) groups excluding carboxylic acids is 1. The zero-order valence-corrected chi connectivity index (χ0v) is 23.4. The van der Waals surface area contributed by atoms with Crippen molar-refractivity contribution >= 4 is 29.1 Å². The van der Waals surface area contributed by atoms with Gasteiger partial charge < -0.3 is 33.9 Å². The number of benzene rings is 2. The number of carboxylic acids is 1. The highest BCUT2D eigenvalue weighted by Gasteiger charge is 2.26. The number of carbonyl (C=O) groups is 2. The predicted octanol–water partition coefficient (Wildman–Crippen LogP) is 4.94. The van der Waals surface area contributed by atoms with Gasteiger partial charge in [0.1, 0.15) is 5.75 Å². The molecule has 0 aliphatic heterocycles. The van der Waals surface area contributed by atoms with Crippen LogP contribution in [0, 0.1) is 0 Å². The van der Waals surface area contributed by atoms with Crippen LogP contribution in [0.25, 0.3) is 17.2 Å². The second-order valence-corrected chi connectivity index (χ2v) is 9.38. The number of aryl methyl sites for hydroxylation is 1. The normalized spacial score (nSPS) is 13.3. The highest BCUT2D eigenvalue weighted by Crippen LogP contribution is 2.46. The van der Waals surface area contributed by atoms with Crippen molar-refractivity contribution in [1.82, 2.24) is 9.88 Å². The van der Waals surface area contributed by atoms with Gasteiger partial charge in [-0.25, -0.2) is 0 Å². The lowest BCUT2D eigenvalue weighted by molar-refractivity contribution is -0.137. The van der Waals surface area contributed by atoms with Gasteiger partial charge >= 0.3 is 5.97 Å². The highest BCUT2D eigenvalue weighted by molar-refractivity contribution is 6.08. The summed E-state index contributed by atoms with van der Waals surface area (Å²) in [6.07, 6.45) is 4.03. The first kappa shape index (κ1) is 28.4. The number of nitrogens with one attached hydrogen (secondary N) is 1. The monoisotopic (exact) mass is 546 g/mol. The molecule has 0 bridgehead atoms. The van der Waals surface area contributed by atoms with Gasteiger partial charge in [-0.3, -0.25) is 9.59 Å². The summed E-state index contributed by atoms with van der Waals surface area (Å²) < 4.78 is 24.3. The molecule has 0 saturated heterocycles. The molecule has 0 unspecified atom stereocenters. The minimum Gasteiger partial charge on any atom is -0.497 e. The number of rotatable bonds is 12. The van der Waals surface area contributed by atoms with Gasteiger partial charge in [0, 0.05) is 18.9 Å². The first-order valence-corrected chi connectivity index (χ1v) is 12.8. The number of amides is 1. The summed E-state index contributed by atoms with van der Waals surface area (Å²) in [6, 6.07) is 13.4. The maximum Gasteiger partial charge on any atom is 0.306 e. The molecule has 1 heterocycles. The molecule has 0 atom stereocenters. The van der Waals surface area contributed by atoms with E-state index in [1.807, 2.05) is 73.3 Å². The zero-order chi connectivity index (χ0) is 28.8. The summed E-state index contributed by atoms with van der Waals surface area (Å²) in [7, 11) is 6.60. The summed E-state index contributed by atoms with van der Waals surface area (Å²) in [5.41, 5.74) is 6.63. The van der Waals surface area contributed by atoms with E-state index in [4.69, 9.17) is 24.1 Å². The summed E-state index contributed by atoms with van der Waals surface area (Å²) in [4.78, 5) is 24.0. The first-order valence-electron chi connectivity index (χ1n) is 12.8. The van der Waals surface area contributed by atoms with Crippen LogP contribution in [0.4, 0.5) is 0 Å². The van der Waals surface area contributed by atoms with Crippen molar-refractivity contribution in [3.8, 4) is 23.0 Å². The van der Waals surface area contributed by atoms with Crippen molar-refractivity contribution in [2.45, 2.75) is 26.3 Å². The minimum atomic E-state index is -0.956. The van der Waals surface area contributed by atoms with Gasteiger partial charge in [0.05, 0.1) is 47.3 Å². The molecule has 0 spiro atoms. The number of allylic oxidation sites excluding steroid dienone is 2. The van der Waals surface area contributed by atoms with Crippen molar-refractivity contribution in [2.75, 3.05) is 27.9 Å². The Morgan fingerprint density at radius 1 is 1.00 bits per heavy atom. The fourth-order valence-corrected chi connectivity index (χ4v) is 4.74. The SMILES string of the molecule is COc1ccc2c(c1)C(CC(=O)NCc1cccn1C)=C(C)C2=Cc1cc(OC)c(OCCC(=O)O)c(OC)c1. The molecule has 1 aliphatic carbocycles. The summed E-state index contributed by atoms with van der Waals surface area (Å²) >= 11 is 0. The number of ether oxygens (including phenoxy) is 4. The number of methoxy groups -OCH3 is 3. The largest absolute Gasteiger partial charge is 0.497 e. The van der Waals surface area contributed by atoms with Crippen LogP contribution in [-0.2, 0) is 23.2 Å². The van der Waals surface area contributed by atoms with E-state index in [1.165, 1.54) is 14.2 Å². The first-order chi connectivity index (χ1) is 19.2. The number of aromatic nitrogens is 1. The van der Waals surface area contributed by atoms with Crippen molar-refractivity contribution in [2.24, 2.45) is 7.05 Å². The Kier molecular flexibility index (Phi) is 8.83. The van der Waals surface area contributed by atoms with Gasteiger partial charge in [-0.1, -0.05) is 6.07 Å². The summed E-state index contributed by atoms with van der Waals surface area (Å²) in [6.45, 7) is 2.44. The van der Waals surface area contributed by atoms with Crippen molar-refractivity contribution < 1.29 is 33.6 Å². The van der Waals surface area contributed by atoms with Crippen LogP contribution < -0.4 is 24.3 Å². The Morgan fingerprint density at radius 2 is 1.73 bits per heavy atom. The van der Waals surface area contributed by atoms with Crippen LogP contribution in [0.15, 0.2) is 54.2 Å². The topological polar surface area (TPSA) is 108 Å². The second kappa shape index (κ2) is 12.5. The van der Waals surface area contributed by atoms with Crippen LogP contribution in [0.3, 0.4) is 0 Å². The van der Waals surface area contributed by atoms with E-state index in [-0.39, 0.29) is 25.4 Å². The number of fused-ring (bicyclic) bond motifs is 1. The number of nitrogens with zero attached hydrogens (tertiary/aromatic N) is 1. The standard InChI is InChI=1S/C31H34N2O7/c1-19-24(13-20-14-27(38-4)31(28(15-20)39-5)40-12-10-30(35)36)23-9-8-22(37-3)16-26(23)25(19)17-29(34)32-18-21-7-6-11-33(21)2/h6-9,11,13-16H,10,12,17-18H2,1-5H3,(H,32,34)(H,35,36). The average molecular weight is 547 g/mol. The zero-order valence-electron chi connectivity index (χ0n) is 23.4. The predicted molar refractivity (Wildman–Crippen MR) is 153 cm³/mol. The van der Waals surface area contributed by atoms with E-state index in [9.17, 15) is 9.59 Å². The van der Waals surface area contributed by atoms with Crippen LogP contribution >= 0.6 is 0 Å². The molecule has 2 N–H and O–H groups in total. The molecule has 1 aliphatic rings. The molecular formula is C31H34N2O7. The van der Waals surface area contributed by atoms with Crippen LogP contribution in [0.1, 0.15) is 42.1 Å². The number of aliphatic carboxylic acids is 1. The van der Waals surface area contributed by atoms with E-state index in [0.29, 0.717) is 29.5 Å². The Bertz CT molecular complexity index is 1460. The fourth-order valence-electron chi connectivity index (χ4n) is 4.74. The van der Waals surface area contributed by atoms with Crippen molar-refractivity contribution in [3.05, 3.63) is 76.6 Å². The van der Waals surface area contributed by atoms with Gasteiger partial charge in [0.25, 0.3) is 0 Å². The summed E-state index contributed by atoms with van der Waals surface area (Å²) in [5, 5.41) is 12.0. The third-order valence-electron chi connectivity index (χ3n) is 6.91. The molecule has 40 heavy (non-hydrogen) atoms. The van der Waals surface area contributed by atoms with Crippen LogP contribution in [0.2, 0.25) is 0 Å². The minimum absolute atomic E-state index is 0.0188. The number of carboxylic acid groups (broad SMARTS) is 1. The Hall–Kier alpha value is -4.66. The lowest BCUT2D eigenvalue weighted by atomic mass is 10.00. The molecule has 2 aromatic carbocycles. The molecule has 9 heteroatoms. The van der Waals surface area contributed by atoms with Crippen molar-refractivity contribution in [1.29, 1.82) is 0 Å². The second-order valence-electron chi connectivity index (χ2n) is 9.38. The number of hydrogen-bond acceptors (Lipinski definition) is 6. The highest BCUT2D eigenvalue weighted by atomic mass is 16.5. The van der Waals surface area contributed by atoms with E-state index < -0.39 is 5.97 Å². The van der Waals surface area contributed by atoms with Gasteiger partial charge in [-0.15, -0.1) is 0 Å². The summed E-state index contributed by atoms with van der Waals surface area (Å²) in [5.74, 6) is 0.866. The Balaban J connectivity index is 1.68. The number of hydrogen-bond donors (Lipinski definition) is 2. The van der Waals surface area contributed by atoms with E-state index in [1.54, 1.807) is 7.11 Å². The molecule has 1 aromatic heterocycles. The maximum absolute atomic E-state index is 13.0. The third kappa shape index (κ3) is 6.14. The van der Waals surface area contributed by atoms with Gasteiger partial charge in [-0.2, -0.15) is 0 Å². The molecule has 9 nitrogen and oxygen atoms in total. The van der Waals surface area contributed by atoms with Gasteiger partial charge in [-0.05, 0) is 82.8 Å². The van der Waals surface area contributed by atoms with E-state index in [2.05, 4.69) is 5.32 Å². The molecule has 0 fully saturated rings. The Morgan fingerprint density at radius 3 is 2.33 bits per heavy atom. The average Bonchev–Trinajstić information content (AvgIpc) is 3.47. The molecule has 0 saturated carbocycles. The molecule has 0 radical (unpaired) electrons. The smallest absolute Gasteiger partial charge is 0.306 e. The molecule has 210 valence electrons. The van der Waals surface area contributed by atoms with Crippen molar-refractivity contribution in [3.63, 3.8) is 0 Å². The molecule has 3 aromatic rings. The maximum atomic E-state index is 13.0. The quantitative estimate of drug-likeness (QED) is 0.331. The van der Waals surface area contributed by atoms with E-state index >= 15 is 0 Å². The van der Waals surface area contributed by atoms with Crippen LogP contribution in [0.5, 0.6) is 23.0 Å². The van der Waals surface area contributed by atoms with Gasteiger partial charge in [0.15, 0.2) is 11.5 Å². The molecule has 4 rings (SSSR count).